The maximum atomic E-state index is 13.9. The Morgan fingerprint density at radius 3 is 2.78 bits per heavy atom. The smallest absolute Gasteiger partial charge is 0.144 e. The molecule has 100 valence electrons. The summed E-state index contributed by atoms with van der Waals surface area (Å²) >= 11 is 5.01. The van der Waals surface area contributed by atoms with Crippen molar-refractivity contribution < 1.29 is 8.78 Å². The van der Waals surface area contributed by atoms with E-state index in [2.05, 4.69) is 34.7 Å². The third-order valence-corrected chi connectivity index (χ3v) is 4.94. The van der Waals surface area contributed by atoms with Crippen LogP contribution in [0.5, 0.6) is 0 Å². The topological polar surface area (TPSA) is 3.24 Å². The summed E-state index contributed by atoms with van der Waals surface area (Å²) in [5.74, 6) is 0.0577. The van der Waals surface area contributed by atoms with Gasteiger partial charge in [-0.1, -0.05) is 0 Å². The minimum atomic E-state index is -0.481. The van der Waals surface area contributed by atoms with Gasteiger partial charge in [-0.3, -0.25) is 4.90 Å². The first kappa shape index (κ1) is 14.3. The average Bonchev–Trinajstić information content (AvgIpc) is 2.28. The molecule has 0 aliphatic carbocycles. The van der Waals surface area contributed by atoms with Crippen LogP contribution in [0.2, 0.25) is 0 Å². The summed E-state index contributed by atoms with van der Waals surface area (Å²) in [6.45, 7) is 6.39. The van der Waals surface area contributed by atoms with Crippen LogP contribution in [0.1, 0.15) is 19.4 Å². The van der Waals surface area contributed by atoms with E-state index in [1.807, 2.05) is 11.8 Å². The lowest BCUT2D eigenvalue weighted by Crippen LogP contribution is -2.42. The third kappa shape index (κ3) is 3.25. The number of thioether (sulfide) groups is 1. The van der Waals surface area contributed by atoms with Gasteiger partial charge in [0.05, 0.1) is 4.47 Å². The minimum Gasteiger partial charge on any atom is -0.297 e. The Balaban J connectivity index is 2.17. The van der Waals surface area contributed by atoms with Crippen LogP contribution in [0.15, 0.2) is 16.6 Å². The predicted octanol–water partition coefficient (Wildman–Crippen LogP) is 4.05. The molecule has 0 atom stereocenters. The van der Waals surface area contributed by atoms with Crippen LogP contribution >= 0.6 is 27.7 Å². The lowest BCUT2D eigenvalue weighted by atomic mass is 10.1. The van der Waals surface area contributed by atoms with E-state index in [9.17, 15) is 8.78 Å². The van der Waals surface area contributed by atoms with Gasteiger partial charge in [0.2, 0.25) is 0 Å². The highest BCUT2D eigenvalue weighted by atomic mass is 79.9. The number of hydrogen-bond donors (Lipinski definition) is 0. The van der Waals surface area contributed by atoms with Crippen LogP contribution in [-0.2, 0) is 6.54 Å². The third-order valence-electron chi connectivity index (χ3n) is 3.03. The van der Waals surface area contributed by atoms with Crippen LogP contribution in [0.25, 0.3) is 0 Å². The second-order valence-corrected chi connectivity index (χ2v) is 7.80. The predicted molar refractivity (Wildman–Crippen MR) is 75.9 cm³/mol. The van der Waals surface area contributed by atoms with E-state index in [-0.39, 0.29) is 10.3 Å². The summed E-state index contributed by atoms with van der Waals surface area (Å²) < 4.78 is 28.1. The van der Waals surface area contributed by atoms with E-state index in [0.717, 1.165) is 18.8 Å². The van der Waals surface area contributed by atoms with Crippen molar-refractivity contribution >= 4 is 27.7 Å². The quantitative estimate of drug-likeness (QED) is 0.750. The average molecular weight is 336 g/mol. The van der Waals surface area contributed by atoms with Gasteiger partial charge in [-0.15, -0.1) is 0 Å². The van der Waals surface area contributed by atoms with Crippen molar-refractivity contribution in [1.82, 2.24) is 4.90 Å². The Labute approximate surface area is 119 Å². The fraction of sp³-hybridized carbons (Fsp3) is 0.538. The van der Waals surface area contributed by atoms with Crippen molar-refractivity contribution in [3.63, 3.8) is 0 Å². The number of nitrogens with zero attached hydrogens (tertiary/aromatic N) is 1. The molecule has 0 aromatic heterocycles. The summed E-state index contributed by atoms with van der Waals surface area (Å²) in [5, 5.41) is 0. The van der Waals surface area contributed by atoms with Crippen molar-refractivity contribution in [3.05, 3.63) is 33.8 Å². The van der Waals surface area contributed by atoms with Crippen LogP contribution in [0, 0.1) is 11.6 Å². The van der Waals surface area contributed by atoms with Gasteiger partial charge in [-0.2, -0.15) is 11.8 Å². The Hall–Kier alpha value is -0.130. The molecule has 1 aromatic rings. The highest BCUT2D eigenvalue weighted by Crippen LogP contribution is 2.31. The molecule has 2 rings (SSSR count). The van der Waals surface area contributed by atoms with Gasteiger partial charge in [0, 0.05) is 35.7 Å². The standard InChI is InChI=1S/C13H16BrF2NS/c1-13(2)8-17(5-6-18-13)7-9-11(15)4-3-10(14)12(9)16/h3-4H,5-8H2,1-2H3. The zero-order valence-corrected chi connectivity index (χ0v) is 12.9. The van der Waals surface area contributed by atoms with E-state index >= 15 is 0 Å². The van der Waals surface area contributed by atoms with Gasteiger partial charge in [-0.25, -0.2) is 8.78 Å². The number of hydrogen-bond acceptors (Lipinski definition) is 2. The molecule has 0 radical (unpaired) electrons. The minimum absolute atomic E-state index is 0.150. The molecule has 1 fully saturated rings. The molecule has 0 spiro atoms. The molecule has 1 heterocycles. The van der Waals surface area contributed by atoms with Crippen LogP contribution in [0.4, 0.5) is 8.78 Å². The molecular weight excluding hydrogens is 320 g/mol. The zero-order chi connectivity index (χ0) is 13.3. The lowest BCUT2D eigenvalue weighted by molar-refractivity contribution is 0.245. The van der Waals surface area contributed by atoms with E-state index in [1.165, 1.54) is 12.1 Å². The first-order chi connectivity index (χ1) is 8.39. The summed E-state index contributed by atoms with van der Waals surface area (Å²) in [4.78, 5) is 2.12. The molecule has 5 heteroatoms. The second-order valence-electron chi connectivity index (χ2n) is 5.14. The van der Waals surface area contributed by atoms with E-state index in [1.54, 1.807) is 0 Å². The number of halogens is 3. The molecule has 0 saturated carbocycles. The normalized spacial score (nSPS) is 20.1. The zero-order valence-electron chi connectivity index (χ0n) is 10.5. The Morgan fingerprint density at radius 2 is 2.11 bits per heavy atom. The van der Waals surface area contributed by atoms with Gasteiger partial charge in [-0.05, 0) is 41.9 Å². The maximum Gasteiger partial charge on any atom is 0.144 e. The van der Waals surface area contributed by atoms with Crippen molar-refractivity contribution in [2.45, 2.75) is 25.1 Å². The maximum absolute atomic E-state index is 13.9. The van der Waals surface area contributed by atoms with Gasteiger partial charge in [0.25, 0.3) is 0 Å². The highest BCUT2D eigenvalue weighted by molar-refractivity contribution is 9.10. The van der Waals surface area contributed by atoms with Crippen molar-refractivity contribution in [2.24, 2.45) is 0 Å². The molecule has 1 aromatic carbocycles. The van der Waals surface area contributed by atoms with Gasteiger partial charge < -0.3 is 0 Å². The summed E-state index contributed by atoms with van der Waals surface area (Å²) in [6.07, 6.45) is 0. The van der Waals surface area contributed by atoms with E-state index in [4.69, 9.17) is 0 Å². The largest absolute Gasteiger partial charge is 0.297 e. The molecule has 0 N–H and O–H groups in total. The highest BCUT2D eigenvalue weighted by Gasteiger charge is 2.28. The molecular formula is C13H16BrF2NS. The van der Waals surface area contributed by atoms with Crippen LogP contribution in [0.3, 0.4) is 0 Å². The van der Waals surface area contributed by atoms with Crippen LogP contribution < -0.4 is 0 Å². The molecule has 0 unspecified atom stereocenters. The van der Waals surface area contributed by atoms with Crippen molar-refractivity contribution in [3.8, 4) is 0 Å². The molecule has 1 nitrogen and oxygen atoms in total. The molecule has 1 aliphatic rings. The van der Waals surface area contributed by atoms with Crippen molar-refractivity contribution in [1.29, 1.82) is 0 Å². The van der Waals surface area contributed by atoms with Crippen molar-refractivity contribution in [2.75, 3.05) is 18.8 Å². The SMILES string of the molecule is CC1(C)CN(Cc2c(F)ccc(Br)c2F)CCS1. The molecule has 18 heavy (non-hydrogen) atoms. The number of benzene rings is 1. The summed E-state index contributed by atoms with van der Waals surface area (Å²) in [6, 6.07) is 2.72. The fourth-order valence-corrected chi connectivity index (χ4v) is 3.73. The fourth-order valence-electron chi connectivity index (χ4n) is 2.19. The summed E-state index contributed by atoms with van der Waals surface area (Å²) in [5.41, 5.74) is 0.159. The Morgan fingerprint density at radius 1 is 1.39 bits per heavy atom. The molecule has 1 aliphatic heterocycles. The lowest BCUT2D eigenvalue weighted by Gasteiger charge is -2.37. The first-order valence-corrected chi connectivity index (χ1v) is 7.65. The van der Waals surface area contributed by atoms with Crippen LogP contribution in [-0.4, -0.2) is 28.5 Å². The molecule has 1 saturated heterocycles. The van der Waals surface area contributed by atoms with Gasteiger partial charge in [0.1, 0.15) is 11.6 Å². The van der Waals surface area contributed by atoms with E-state index < -0.39 is 11.6 Å². The van der Waals surface area contributed by atoms with Gasteiger partial charge in [0.15, 0.2) is 0 Å². The Kier molecular flexibility index (Phi) is 4.34. The van der Waals surface area contributed by atoms with E-state index in [0.29, 0.717) is 11.0 Å². The van der Waals surface area contributed by atoms with Gasteiger partial charge >= 0.3 is 0 Å². The first-order valence-electron chi connectivity index (χ1n) is 5.88. The molecule has 0 amide bonds. The number of rotatable bonds is 2. The molecule has 0 bridgehead atoms. The second kappa shape index (κ2) is 5.47. The monoisotopic (exact) mass is 335 g/mol. The summed E-state index contributed by atoms with van der Waals surface area (Å²) in [7, 11) is 0. The Bertz CT molecular complexity index is 451.